The van der Waals surface area contributed by atoms with Crippen LogP contribution in [-0.2, 0) is 0 Å². The summed E-state index contributed by atoms with van der Waals surface area (Å²) in [4.78, 5) is 27.8. The molecule has 2 amide bonds. The molecule has 0 radical (unpaired) electrons. The molecule has 2 aromatic carbocycles. The van der Waals surface area contributed by atoms with Gasteiger partial charge in [-0.3, -0.25) is 0 Å². The van der Waals surface area contributed by atoms with Crippen LogP contribution >= 0.6 is 22.9 Å². The maximum Gasteiger partial charge on any atom is 0.323 e. The van der Waals surface area contributed by atoms with E-state index in [4.69, 9.17) is 16.3 Å². The van der Waals surface area contributed by atoms with Crippen LogP contribution in [0.15, 0.2) is 73.4 Å². The highest BCUT2D eigenvalue weighted by Gasteiger charge is 2.12. The third kappa shape index (κ3) is 6.22. The predicted octanol–water partition coefficient (Wildman–Crippen LogP) is 6.09. The van der Waals surface area contributed by atoms with Crippen molar-refractivity contribution < 1.29 is 9.53 Å². The molecule has 0 unspecified atom stereocenters. The molecule has 3 N–H and O–H groups in total. The molecule has 5 aromatic rings. The number of anilines is 3. The van der Waals surface area contributed by atoms with Gasteiger partial charge in [0, 0.05) is 17.8 Å². The monoisotopic (exact) mass is 547 g/mol. The molecule has 0 aliphatic rings. The first-order valence-corrected chi connectivity index (χ1v) is 12.8. The summed E-state index contributed by atoms with van der Waals surface area (Å²) in [7, 11) is 0. The number of hydrogen-bond acceptors (Lipinski definition) is 9. The van der Waals surface area contributed by atoms with Crippen LogP contribution in [0.2, 0.25) is 5.02 Å². The van der Waals surface area contributed by atoms with Gasteiger partial charge in [0.05, 0.1) is 41.0 Å². The Morgan fingerprint density at radius 3 is 2.50 bits per heavy atom. The smallest absolute Gasteiger partial charge is 0.323 e. The first kappa shape index (κ1) is 25.1. The molecule has 0 aliphatic heterocycles. The van der Waals surface area contributed by atoms with Crippen molar-refractivity contribution in [2.75, 3.05) is 22.5 Å². The lowest BCUT2D eigenvalue weighted by Crippen LogP contribution is -2.21. The first-order valence-electron chi connectivity index (χ1n) is 11.6. The lowest BCUT2D eigenvalue weighted by atomic mass is 10.2. The summed E-state index contributed by atoms with van der Waals surface area (Å²) in [5, 5.41) is 18.3. The number of aromatic nitrogens is 6. The SMILES string of the molecule is CCCNc1ncc(-c2ccc(Oc3ncc(NC(=O)Nc4cc(Cl)ccc4-n4nccn4)cn3)cc2)s1. The molecule has 38 heavy (non-hydrogen) atoms. The number of carbonyl (C=O) groups is 1. The minimum Gasteiger partial charge on any atom is -0.424 e. The second kappa shape index (κ2) is 11.7. The maximum absolute atomic E-state index is 12.6. The molecular weight excluding hydrogens is 526 g/mol. The lowest BCUT2D eigenvalue weighted by molar-refractivity contribution is 0.262. The van der Waals surface area contributed by atoms with E-state index >= 15 is 0 Å². The Morgan fingerprint density at radius 1 is 1.00 bits per heavy atom. The highest BCUT2D eigenvalue weighted by Crippen LogP contribution is 2.31. The zero-order valence-corrected chi connectivity index (χ0v) is 21.7. The second-order valence-electron chi connectivity index (χ2n) is 7.90. The highest BCUT2D eigenvalue weighted by molar-refractivity contribution is 7.18. The van der Waals surface area contributed by atoms with Gasteiger partial charge in [-0.2, -0.15) is 10.2 Å². The third-order valence-corrected chi connectivity index (χ3v) is 6.35. The van der Waals surface area contributed by atoms with Gasteiger partial charge in [-0.25, -0.2) is 19.7 Å². The number of ether oxygens (including phenoxy) is 1. The molecule has 3 aromatic heterocycles. The van der Waals surface area contributed by atoms with Crippen LogP contribution in [0, 0.1) is 0 Å². The topological polar surface area (TPSA) is 132 Å². The van der Waals surface area contributed by atoms with Gasteiger partial charge in [0.1, 0.15) is 11.4 Å². The van der Waals surface area contributed by atoms with E-state index in [9.17, 15) is 4.79 Å². The van der Waals surface area contributed by atoms with Crippen LogP contribution in [0.1, 0.15) is 13.3 Å². The average Bonchev–Trinajstić information content (AvgIpc) is 3.62. The molecule has 0 saturated carbocycles. The van der Waals surface area contributed by atoms with Crippen molar-refractivity contribution >= 4 is 45.5 Å². The summed E-state index contributed by atoms with van der Waals surface area (Å²) in [6.45, 7) is 3.01. The van der Waals surface area contributed by atoms with Gasteiger partial charge in [-0.15, -0.1) is 4.80 Å². The molecule has 0 bridgehead atoms. The van der Waals surface area contributed by atoms with Crippen LogP contribution < -0.4 is 20.7 Å². The van der Waals surface area contributed by atoms with Gasteiger partial charge in [-0.1, -0.05) is 29.9 Å². The van der Waals surface area contributed by atoms with E-state index in [1.807, 2.05) is 30.5 Å². The van der Waals surface area contributed by atoms with Crippen LogP contribution in [0.4, 0.5) is 21.3 Å². The number of halogens is 1. The van der Waals surface area contributed by atoms with Gasteiger partial charge in [0.25, 0.3) is 0 Å². The molecule has 11 nitrogen and oxygen atoms in total. The Kier molecular flexibility index (Phi) is 7.71. The van der Waals surface area contributed by atoms with Gasteiger partial charge < -0.3 is 20.7 Å². The average molecular weight is 548 g/mol. The van der Waals surface area contributed by atoms with E-state index in [2.05, 4.69) is 48.0 Å². The number of thiazole rings is 1. The summed E-state index contributed by atoms with van der Waals surface area (Å²) >= 11 is 7.70. The van der Waals surface area contributed by atoms with Crippen molar-refractivity contribution in [1.82, 2.24) is 29.9 Å². The number of amides is 2. The van der Waals surface area contributed by atoms with E-state index in [-0.39, 0.29) is 6.01 Å². The summed E-state index contributed by atoms with van der Waals surface area (Å²) in [6, 6.07) is 12.2. The normalized spacial score (nSPS) is 10.7. The molecule has 0 spiro atoms. The summed E-state index contributed by atoms with van der Waals surface area (Å²) in [5.41, 5.74) is 2.41. The maximum atomic E-state index is 12.6. The Balaban J connectivity index is 1.18. The van der Waals surface area contributed by atoms with Crippen LogP contribution in [-0.4, -0.2) is 42.5 Å². The van der Waals surface area contributed by atoms with E-state index in [0.717, 1.165) is 28.5 Å². The molecule has 13 heteroatoms. The fourth-order valence-corrected chi connectivity index (χ4v) is 4.37. The van der Waals surface area contributed by atoms with Crippen molar-refractivity contribution in [3.05, 3.63) is 78.5 Å². The Bertz CT molecular complexity index is 1510. The summed E-state index contributed by atoms with van der Waals surface area (Å²) < 4.78 is 5.75. The van der Waals surface area contributed by atoms with Crippen molar-refractivity contribution in [2.45, 2.75) is 13.3 Å². The molecule has 0 atom stereocenters. The van der Waals surface area contributed by atoms with Crippen LogP contribution in [0.5, 0.6) is 11.8 Å². The molecule has 192 valence electrons. The Labute approximate surface area is 226 Å². The lowest BCUT2D eigenvalue weighted by Gasteiger charge is -2.12. The predicted molar refractivity (Wildman–Crippen MR) is 147 cm³/mol. The van der Waals surface area contributed by atoms with Crippen LogP contribution in [0.25, 0.3) is 16.1 Å². The molecule has 3 heterocycles. The zero-order chi connectivity index (χ0) is 26.3. The Hall–Kier alpha value is -4.55. The largest absolute Gasteiger partial charge is 0.424 e. The van der Waals surface area contributed by atoms with Gasteiger partial charge in [-0.05, 0) is 54.4 Å². The minimum atomic E-state index is -0.510. The van der Waals surface area contributed by atoms with Crippen molar-refractivity contribution in [2.24, 2.45) is 0 Å². The summed E-state index contributed by atoms with van der Waals surface area (Å²) in [6.07, 6.45) is 8.87. The number of benzene rings is 2. The van der Waals surface area contributed by atoms with E-state index < -0.39 is 6.03 Å². The Morgan fingerprint density at radius 2 is 1.76 bits per heavy atom. The molecular formula is C25H22ClN9O2S. The molecule has 0 saturated heterocycles. The van der Waals surface area contributed by atoms with E-state index in [1.54, 1.807) is 29.5 Å². The van der Waals surface area contributed by atoms with E-state index in [1.165, 1.54) is 29.6 Å². The van der Waals surface area contributed by atoms with Crippen molar-refractivity contribution in [3.63, 3.8) is 0 Å². The summed E-state index contributed by atoms with van der Waals surface area (Å²) in [5.74, 6) is 0.585. The second-order valence-corrected chi connectivity index (χ2v) is 9.36. The third-order valence-electron chi connectivity index (χ3n) is 5.11. The molecule has 0 aliphatic carbocycles. The van der Waals surface area contributed by atoms with Crippen molar-refractivity contribution in [1.29, 1.82) is 0 Å². The number of hydrogen-bond donors (Lipinski definition) is 3. The van der Waals surface area contributed by atoms with Gasteiger partial charge >= 0.3 is 12.0 Å². The quantitative estimate of drug-likeness (QED) is 0.202. The van der Waals surface area contributed by atoms with Crippen molar-refractivity contribution in [3.8, 4) is 27.9 Å². The number of urea groups is 1. The zero-order valence-electron chi connectivity index (χ0n) is 20.1. The standard InChI is InChI=1S/C25H22ClN9O2S/c1-2-9-27-25-30-15-22(38-25)16-3-6-19(7-4-16)37-24-28-13-18(14-29-24)33-23(36)34-20-12-17(26)5-8-21(20)35-31-10-11-32-35/h3-8,10-15H,2,9H2,1H3,(H,27,30)(H2,33,34,36). The van der Waals surface area contributed by atoms with Crippen LogP contribution in [0.3, 0.4) is 0 Å². The fraction of sp³-hybridized carbons (Fsp3) is 0.120. The number of rotatable bonds is 9. The van der Waals surface area contributed by atoms with Gasteiger partial charge in [0.15, 0.2) is 5.13 Å². The molecule has 0 fully saturated rings. The number of nitrogens with one attached hydrogen (secondary N) is 3. The van der Waals surface area contributed by atoms with Gasteiger partial charge in [0.2, 0.25) is 0 Å². The molecule has 5 rings (SSSR count). The van der Waals surface area contributed by atoms with E-state index in [0.29, 0.717) is 27.8 Å². The highest BCUT2D eigenvalue weighted by atomic mass is 35.5. The number of nitrogens with zero attached hydrogens (tertiary/aromatic N) is 6. The first-order chi connectivity index (χ1) is 18.6. The number of carbonyl (C=O) groups excluding carboxylic acids is 1. The fourth-order valence-electron chi connectivity index (χ4n) is 3.35. The minimum absolute atomic E-state index is 0.148.